The number of ether oxygens (including phenoxy) is 1. The number of amides is 1. The summed E-state index contributed by atoms with van der Waals surface area (Å²) in [6.07, 6.45) is 2.76. The van der Waals surface area contributed by atoms with Gasteiger partial charge in [0, 0.05) is 18.2 Å². The van der Waals surface area contributed by atoms with E-state index in [2.05, 4.69) is 4.98 Å². The molecule has 154 valence electrons. The van der Waals surface area contributed by atoms with Crippen LogP contribution in [0.4, 0.5) is 16.5 Å². The molecule has 0 fully saturated rings. The molecule has 7 nitrogen and oxygen atoms in total. The molecule has 1 aromatic heterocycles. The van der Waals surface area contributed by atoms with Crippen LogP contribution in [0.2, 0.25) is 0 Å². The van der Waals surface area contributed by atoms with Crippen molar-refractivity contribution in [2.45, 2.75) is 0 Å². The van der Waals surface area contributed by atoms with Crippen LogP contribution in [0.3, 0.4) is 0 Å². The minimum absolute atomic E-state index is 0.0699. The number of carbonyl (C=O) groups is 1. The molecule has 0 spiro atoms. The van der Waals surface area contributed by atoms with Crippen molar-refractivity contribution < 1.29 is 14.5 Å². The van der Waals surface area contributed by atoms with Gasteiger partial charge < -0.3 is 4.74 Å². The van der Waals surface area contributed by atoms with Gasteiger partial charge in [-0.15, -0.1) is 0 Å². The van der Waals surface area contributed by atoms with Gasteiger partial charge >= 0.3 is 0 Å². The first kappa shape index (κ1) is 20.2. The Morgan fingerprint density at radius 3 is 2.65 bits per heavy atom. The van der Waals surface area contributed by atoms with Gasteiger partial charge in [0.15, 0.2) is 5.13 Å². The normalized spacial score (nSPS) is 11.0. The van der Waals surface area contributed by atoms with Gasteiger partial charge in [-0.2, -0.15) is 0 Å². The lowest BCUT2D eigenvalue weighted by Crippen LogP contribution is -2.23. The topological polar surface area (TPSA) is 85.6 Å². The van der Waals surface area contributed by atoms with Crippen LogP contribution < -0.4 is 9.64 Å². The Morgan fingerprint density at radius 1 is 1.10 bits per heavy atom. The van der Waals surface area contributed by atoms with Crippen molar-refractivity contribution in [3.8, 4) is 5.75 Å². The van der Waals surface area contributed by atoms with E-state index in [0.29, 0.717) is 22.1 Å². The molecule has 0 unspecified atom stereocenters. The van der Waals surface area contributed by atoms with Crippen LogP contribution in [0.5, 0.6) is 5.75 Å². The molecule has 0 saturated carbocycles. The summed E-state index contributed by atoms with van der Waals surface area (Å²) >= 11 is 1.38. The molecule has 4 rings (SSSR count). The summed E-state index contributed by atoms with van der Waals surface area (Å²) in [5.74, 6) is 0.213. The lowest BCUT2D eigenvalue weighted by Gasteiger charge is -2.19. The summed E-state index contributed by atoms with van der Waals surface area (Å²) in [5, 5.41) is 11.8. The number of methoxy groups -OCH3 is 1. The molecule has 1 amide bonds. The molecule has 0 N–H and O–H groups in total. The first-order chi connectivity index (χ1) is 15.1. The second-order valence-corrected chi connectivity index (χ2v) is 7.50. The van der Waals surface area contributed by atoms with E-state index in [4.69, 9.17) is 4.74 Å². The van der Waals surface area contributed by atoms with Crippen molar-refractivity contribution in [2.75, 3.05) is 12.0 Å². The number of nitrogens with zero attached hydrogens (tertiary/aromatic N) is 3. The van der Waals surface area contributed by atoms with Crippen LogP contribution in [-0.4, -0.2) is 22.9 Å². The summed E-state index contributed by atoms with van der Waals surface area (Å²) in [6.45, 7) is 0. The van der Waals surface area contributed by atoms with E-state index in [-0.39, 0.29) is 11.6 Å². The molecule has 0 atom stereocenters. The van der Waals surface area contributed by atoms with Gasteiger partial charge in [-0.05, 0) is 36.4 Å². The number of aromatic nitrogens is 1. The van der Waals surface area contributed by atoms with Crippen molar-refractivity contribution in [1.82, 2.24) is 4.98 Å². The monoisotopic (exact) mass is 431 g/mol. The molecule has 0 saturated heterocycles. The predicted octanol–water partition coefficient (Wildman–Crippen LogP) is 5.59. The third-order valence-corrected chi connectivity index (χ3v) is 5.57. The van der Waals surface area contributed by atoms with Gasteiger partial charge in [-0.3, -0.25) is 19.8 Å². The highest BCUT2D eigenvalue weighted by Crippen LogP contribution is 2.35. The number of carbonyl (C=O) groups excluding carboxylic acids is 1. The van der Waals surface area contributed by atoms with Crippen molar-refractivity contribution in [3.63, 3.8) is 0 Å². The van der Waals surface area contributed by atoms with E-state index < -0.39 is 4.92 Å². The van der Waals surface area contributed by atoms with Crippen LogP contribution in [0, 0.1) is 10.1 Å². The van der Waals surface area contributed by atoms with Crippen molar-refractivity contribution in [3.05, 3.63) is 94.6 Å². The van der Waals surface area contributed by atoms with Gasteiger partial charge in [0.1, 0.15) is 5.75 Å². The third-order valence-electron chi connectivity index (χ3n) is 4.54. The molecule has 0 aliphatic heterocycles. The minimum atomic E-state index is -0.475. The molecule has 0 aliphatic carbocycles. The Labute approximate surface area is 182 Å². The molecule has 0 radical (unpaired) electrons. The second-order valence-electron chi connectivity index (χ2n) is 6.49. The van der Waals surface area contributed by atoms with Crippen LogP contribution in [0.1, 0.15) is 5.56 Å². The molecule has 8 heteroatoms. The summed E-state index contributed by atoms with van der Waals surface area (Å²) in [6, 6.07) is 21.0. The van der Waals surface area contributed by atoms with Crippen molar-refractivity contribution in [1.29, 1.82) is 0 Å². The molecule has 31 heavy (non-hydrogen) atoms. The Morgan fingerprint density at radius 2 is 1.87 bits per heavy atom. The Bertz CT molecular complexity index is 1270. The summed E-state index contributed by atoms with van der Waals surface area (Å²) in [7, 11) is 1.55. The zero-order valence-electron chi connectivity index (χ0n) is 16.5. The fraction of sp³-hybridized carbons (Fsp3) is 0.0435. The van der Waals surface area contributed by atoms with E-state index in [1.165, 1.54) is 34.5 Å². The molecule has 0 bridgehead atoms. The number of fused-ring (bicyclic) bond motifs is 1. The van der Waals surface area contributed by atoms with Crippen LogP contribution in [0.25, 0.3) is 16.3 Å². The second kappa shape index (κ2) is 8.76. The van der Waals surface area contributed by atoms with Crippen molar-refractivity contribution >= 4 is 50.0 Å². The highest BCUT2D eigenvalue weighted by molar-refractivity contribution is 7.22. The number of rotatable bonds is 6. The van der Waals surface area contributed by atoms with Crippen LogP contribution >= 0.6 is 11.3 Å². The fourth-order valence-electron chi connectivity index (χ4n) is 3.07. The number of hydrogen-bond acceptors (Lipinski definition) is 6. The van der Waals surface area contributed by atoms with E-state index in [0.717, 1.165) is 10.2 Å². The quantitative estimate of drug-likeness (QED) is 0.226. The van der Waals surface area contributed by atoms with Crippen LogP contribution in [0.15, 0.2) is 78.9 Å². The first-order valence-corrected chi connectivity index (χ1v) is 10.1. The van der Waals surface area contributed by atoms with Gasteiger partial charge in [-0.25, -0.2) is 4.98 Å². The number of thiazole rings is 1. The van der Waals surface area contributed by atoms with Crippen molar-refractivity contribution in [2.24, 2.45) is 0 Å². The fourth-order valence-corrected chi connectivity index (χ4v) is 4.06. The van der Waals surface area contributed by atoms with Crippen LogP contribution in [-0.2, 0) is 4.79 Å². The molecule has 3 aromatic carbocycles. The SMILES string of the molecule is COc1cccc(N(C(=O)C=Cc2ccccc2[N+](=O)[O-])c2nc3ccccc3s2)c1. The maximum Gasteiger partial charge on any atom is 0.276 e. The highest BCUT2D eigenvalue weighted by Gasteiger charge is 2.21. The zero-order valence-corrected chi connectivity index (χ0v) is 17.3. The predicted molar refractivity (Wildman–Crippen MR) is 122 cm³/mol. The summed E-state index contributed by atoms with van der Waals surface area (Å²) in [5.41, 5.74) is 1.64. The smallest absolute Gasteiger partial charge is 0.276 e. The number of anilines is 2. The molecular formula is C23H17N3O4S. The zero-order chi connectivity index (χ0) is 21.8. The summed E-state index contributed by atoms with van der Waals surface area (Å²) in [4.78, 5) is 30.1. The van der Waals surface area contributed by atoms with Gasteiger partial charge in [-0.1, -0.05) is 41.7 Å². The summed E-state index contributed by atoms with van der Waals surface area (Å²) < 4.78 is 6.25. The van der Waals surface area contributed by atoms with E-state index >= 15 is 0 Å². The number of para-hydroxylation sites is 2. The van der Waals surface area contributed by atoms with E-state index in [1.54, 1.807) is 49.6 Å². The van der Waals surface area contributed by atoms with E-state index in [1.807, 2.05) is 24.3 Å². The highest BCUT2D eigenvalue weighted by atomic mass is 32.1. The van der Waals surface area contributed by atoms with Gasteiger partial charge in [0.25, 0.3) is 11.6 Å². The first-order valence-electron chi connectivity index (χ1n) is 9.32. The maximum absolute atomic E-state index is 13.3. The maximum atomic E-state index is 13.3. The number of nitro groups is 1. The minimum Gasteiger partial charge on any atom is -0.497 e. The Balaban J connectivity index is 1.77. The molecule has 0 aliphatic rings. The van der Waals surface area contributed by atoms with E-state index in [9.17, 15) is 14.9 Å². The van der Waals surface area contributed by atoms with Gasteiger partial charge in [0.05, 0.1) is 33.5 Å². The third kappa shape index (κ3) is 4.29. The molecule has 1 heterocycles. The number of benzene rings is 3. The lowest BCUT2D eigenvalue weighted by molar-refractivity contribution is -0.385. The number of nitro benzene ring substituents is 1. The standard InChI is InChI=1S/C23H17N3O4S/c1-30-18-9-6-8-17(15-18)25(23-24-19-10-3-5-12-21(19)31-23)22(27)14-13-16-7-2-4-11-20(16)26(28)29/h2-15H,1H3. The molecule has 4 aromatic rings. The van der Waals surface area contributed by atoms with Gasteiger partial charge in [0.2, 0.25) is 0 Å². The molecular weight excluding hydrogens is 414 g/mol. The largest absolute Gasteiger partial charge is 0.497 e. The number of hydrogen-bond donors (Lipinski definition) is 0. The lowest BCUT2D eigenvalue weighted by atomic mass is 10.1. The average Bonchev–Trinajstić information content (AvgIpc) is 3.21. The average molecular weight is 431 g/mol. The Kier molecular flexibility index (Phi) is 5.72. The Hall–Kier alpha value is -4.04.